The first-order chi connectivity index (χ1) is 10.1. The summed E-state index contributed by atoms with van der Waals surface area (Å²) in [6.45, 7) is 5.42. The van der Waals surface area contributed by atoms with E-state index < -0.39 is 0 Å². The molecule has 1 heterocycles. The van der Waals surface area contributed by atoms with Crippen molar-refractivity contribution in [2.75, 3.05) is 6.54 Å². The fourth-order valence-electron chi connectivity index (χ4n) is 1.84. The molecular formula is C15H16N4OS. The van der Waals surface area contributed by atoms with Crippen molar-refractivity contribution in [1.29, 1.82) is 5.26 Å². The van der Waals surface area contributed by atoms with Crippen molar-refractivity contribution in [1.82, 2.24) is 15.3 Å². The number of nitriles is 1. The SMILES string of the molecule is CCNCc1ccc(Sc2nc(C)cc(=O)[nH]2)c(C#N)c1. The molecule has 2 rings (SSSR count). The normalized spacial score (nSPS) is 10.3. The van der Waals surface area contributed by atoms with Crippen LogP contribution in [0, 0.1) is 18.3 Å². The fourth-order valence-corrected chi connectivity index (χ4v) is 2.74. The van der Waals surface area contributed by atoms with Gasteiger partial charge in [0.1, 0.15) is 6.07 Å². The molecule has 0 amide bonds. The van der Waals surface area contributed by atoms with E-state index in [0.717, 1.165) is 23.5 Å². The predicted octanol–water partition coefficient (Wildman–Crippen LogP) is 2.21. The van der Waals surface area contributed by atoms with Gasteiger partial charge in [0.05, 0.1) is 5.56 Å². The van der Waals surface area contributed by atoms with E-state index in [1.54, 1.807) is 6.92 Å². The van der Waals surface area contributed by atoms with Crippen molar-refractivity contribution in [3.05, 3.63) is 51.4 Å². The van der Waals surface area contributed by atoms with Crippen molar-refractivity contribution < 1.29 is 0 Å². The van der Waals surface area contributed by atoms with Crippen molar-refractivity contribution in [2.24, 2.45) is 0 Å². The summed E-state index contributed by atoms with van der Waals surface area (Å²) >= 11 is 1.29. The van der Waals surface area contributed by atoms with E-state index in [2.05, 4.69) is 21.4 Å². The monoisotopic (exact) mass is 300 g/mol. The Labute approximate surface area is 127 Å². The van der Waals surface area contributed by atoms with Crippen molar-refractivity contribution >= 4 is 11.8 Å². The van der Waals surface area contributed by atoms with Crippen molar-refractivity contribution in [2.45, 2.75) is 30.4 Å². The van der Waals surface area contributed by atoms with Crippen LogP contribution in [0.4, 0.5) is 0 Å². The van der Waals surface area contributed by atoms with Crippen LogP contribution in [0.25, 0.3) is 0 Å². The van der Waals surface area contributed by atoms with Gasteiger partial charge >= 0.3 is 0 Å². The van der Waals surface area contributed by atoms with Crippen molar-refractivity contribution in [3.8, 4) is 6.07 Å². The van der Waals surface area contributed by atoms with Crippen LogP contribution in [0.15, 0.2) is 39.1 Å². The lowest BCUT2D eigenvalue weighted by Gasteiger charge is -2.07. The zero-order chi connectivity index (χ0) is 15.2. The van der Waals surface area contributed by atoms with Gasteiger partial charge < -0.3 is 10.3 Å². The van der Waals surface area contributed by atoms with Gasteiger partial charge in [0.15, 0.2) is 5.16 Å². The summed E-state index contributed by atoms with van der Waals surface area (Å²) in [6, 6.07) is 9.35. The highest BCUT2D eigenvalue weighted by Crippen LogP contribution is 2.28. The Hall–Kier alpha value is -2.10. The van der Waals surface area contributed by atoms with E-state index in [0.29, 0.717) is 16.4 Å². The maximum absolute atomic E-state index is 11.4. The molecule has 2 N–H and O–H groups in total. The Balaban J connectivity index is 2.27. The van der Waals surface area contributed by atoms with E-state index in [4.69, 9.17) is 0 Å². The van der Waals surface area contributed by atoms with Crippen LogP contribution in [0.2, 0.25) is 0 Å². The summed E-state index contributed by atoms with van der Waals surface area (Å²) in [6.07, 6.45) is 0. The number of nitrogens with one attached hydrogen (secondary N) is 2. The fraction of sp³-hybridized carbons (Fsp3) is 0.267. The molecule has 1 aromatic heterocycles. The molecule has 0 aliphatic heterocycles. The maximum atomic E-state index is 11.4. The summed E-state index contributed by atoms with van der Waals surface area (Å²) in [5.41, 5.74) is 2.11. The smallest absolute Gasteiger partial charge is 0.251 e. The summed E-state index contributed by atoms with van der Waals surface area (Å²) < 4.78 is 0. The van der Waals surface area contributed by atoms with E-state index in [-0.39, 0.29) is 5.56 Å². The average Bonchev–Trinajstić information content (AvgIpc) is 2.45. The van der Waals surface area contributed by atoms with Gasteiger partial charge in [0, 0.05) is 23.2 Å². The van der Waals surface area contributed by atoms with Gasteiger partial charge in [-0.2, -0.15) is 5.26 Å². The third-order valence-electron chi connectivity index (χ3n) is 2.80. The Bertz CT molecular complexity index is 733. The summed E-state index contributed by atoms with van der Waals surface area (Å²) in [4.78, 5) is 19.2. The highest BCUT2D eigenvalue weighted by molar-refractivity contribution is 7.99. The lowest BCUT2D eigenvalue weighted by molar-refractivity contribution is 0.726. The van der Waals surface area contributed by atoms with Gasteiger partial charge in [-0.15, -0.1) is 0 Å². The minimum atomic E-state index is -0.188. The summed E-state index contributed by atoms with van der Waals surface area (Å²) in [5, 5.41) is 13.0. The predicted molar refractivity (Wildman–Crippen MR) is 82.3 cm³/mol. The molecule has 6 heteroatoms. The lowest BCUT2D eigenvalue weighted by atomic mass is 10.1. The molecule has 0 saturated heterocycles. The third kappa shape index (κ3) is 4.18. The van der Waals surface area contributed by atoms with Gasteiger partial charge in [-0.1, -0.05) is 24.8 Å². The number of nitrogens with zero attached hydrogens (tertiary/aromatic N) is 2. The molecular weight excluding hydrogens is 284 g/mol. The number of aromatic nitrogens is 2. The minimum Gasteiger partial charge on any atom is -0.313 e. The van der Waals surface area contributed by atoms with E-state index in [9.17, 15) is 10.1 Å². The van der Waals surface area contributed by atoms with Gasteiger partial charge in [-0.3, -0.25) is 4.79 Å². The first kappa shape index (κ1) is 15.3. The van der Waals surface area contributed by atoms with Gasteiger partial charge in [0.2, 0.25) is 0 Å². The molecule has 0 bridgehead atoms. The molecule has 108 valence electrons. The quantitative estimate of drug-likeness (QED) is 0.827. The Morgan fingerprint density at radius 3 is 2.90 bits per heavy atom. The Morgan fingerprint density at radius 1 is 1.43 bits per heavy atom. The molecule has 0 fully saturated rings. The van der Waals surface area contributed by atoms with Crippen LogP contribution in [-0.2, 0) is 6.54 Å². The topological polar surface area (TPSA) is 81.6 Å². The molecule has 21 heavy (non-hydrogen) atoms. The number of aromatic amines is 1. The van der Waals surface area contributed by atoms with Gasteiger partial charge in [-0.05, 0) is 31.2 Å². The molecule has 5 nitrogen and oxygen atoms in total. The molecule has 0 saturated carbocycles. The molecule has 0 aliphatic rings. The van der Waals surface area contributed by atoms with Crippen LogP contribution in [0.5, 0.6) is 0 Å². The molecule has 0 unspecified atom stereocenters. The maximum Gasteiger partial charge on any atom is 0.251 e. The lowest BCUT2D eigenvalue weighted by Crippen LogP contribution is -2.11. The van der Waals surface area contributed by atoms with Gasteiger partial charge in [0.25, 0.3) is 5.56 Å². The standard InChI is InChI=1S/C15H16N4OS/c1-3-17-9-11-4-5-13(12(7-11)8-16)21-15-18-10(2)6-14(20)19-15/h4-7,17H,3,9H2,1-2H3,(H,18,19,20). The number of hydrogen-bond donors (Lipinski definition) is 2. The summed E-state index contributed by atoms with van der Waals surface area (Å²) in [5.74, 6) is 0. The number of benzene rings is 1. The first-order valence-electron chi connectivity index (χ1n) is 6.62. The number of H-pyrrole nitrogens is 1. The molecule has 0 aliphatic carbocycles. The van der Waals surface area contributed by atoms with Crippen LogP contribution in [0.3, 0.4) is 0 Å². The van der Waals surface area contributed by atoms with Crippen LogP contribution < -0.4 is 10.9 Å². The van der Waals surface area contributed by atoms with Gasteiger partial charge in [-0.25, -0.2) is 4.98 Å². The second kappa shape index (κ2) is 7.07. The number of hydrogen-bond acceptors (Lipinski definition) is 5. The van der Waals surface area contributed by atoms with E-state index in [1.165, 1.54) is 17.8 Å². The molecule has 1 aromatic carbocycles. The van der Waals surface area contributed by atoms with Crippen LogP contribution in [-0.4, -0.2) is 16.5 Å². The molecule has 0 atom stereocenters. The van der Waals surface area contributed by atoms with E-state index in [1.807, 2.05) is 25.1 Å². The minimum absolute atomic E-state index is 0.188. The summed E-state index contributed by atoms with van der Waals surface area (Å²) in [7, 11) is 0. The first-order valence-corrected chi connectivity index (χ1v) is 7.43. The third-order valence-corrected chi connectivity index (χ3v) is 3.76. The van der Waals surface area contributed by atoms with E-state index >= 15 is 0 Å². The highest BCUT2D eigenvalue weighted by atomic mass is 32.2. The number of aryl methyl sites for hydroxylation is 1. The average molecular weight is 300 g/mol. The van der Waals surface area contributed by atoms with Crippen LogP contribution in [0.1, 0.15) is 23.7 Å². The second-order valence-electron chi connectivity index (χ2n) is 4.52. The molecule has 0 radical (unpaired) electrons. The van der Waals surface area contributed by atoms with Crippen LogP contribution >= 0.6 is 11.8 Å². The zero-order valence-electron chi connectivity index (χ0n) is 11.9. The van der Waals surface area contributed by atoms with Crippen molar-refractivity contribution in [3.63, 3.8) is 0 Å². The zero-order valence-corrected chi connectivity index (χ0v) is 12.8. The second-order valence-corrected chi connectivity index (χ2v) is 5.55. The number of rotatable bonds is 5. The Kier molecular flexibility index (Phi) is 5.14. The highest BCUT2D eigenvalue weighted by Gasteiger charge is 2.08. The molecule has 0 spiro atoms. The molecule has 2 aromatic rings. The largest absolute Gasteiger partial charge is 0.313 e. The Morgan fingerprint density at radius 2 is 2.24 bits per heavy atom.